The minimum absolute atomic E-state index is 0. The summed E-state index contributed by atoms with van der Waals surface area (Å²) < 4.78 is 1.99. The van der Waals surface area contributed by atoms with Crippen LogP contribution in [0.4, 0.5) is 0 Å². The number of halogens is 1. The summed E-state index contributed by atoms with van der Waals surface area (Å²) in [5.41, 5.74) is 4.42. The lowest BCUT2D eigenvalue weighted by Crippen LogP contribution is -2.37. The van der Waals surface area contributed by atoms with Gasteiger partial charge in [-0.15, -0.1) is 24.0 Å². The van der Waals surface area contributed by atoms with Gasteiger partial charge in [-0.3, -0.25) is 0 Å². The topological polar surface area (TPSA) is 54.2 Å². The Labute approximate surface area is 155 Å². The molecule has 0 unspecified atom stereocenters. The number of para-hydroxylation sites is 1. The van der Waals surface area contributed by atoms with Crippen molar-refractivity contribution >= 4 is 29.9 Å². The third-order valence-electron chi connectivity index (χ3n) is 3.53. The molecule has 1 aromatic heterocycles. The predicted octanol–water partition coefficient (Wildman–Crippen LogP) is 3.18. The molecule has 0 fully saturated rings. The van der Waals surface area contributed by atoms with Crippen molar-refractivity contribution in [3.63, 3.8) is 0 Å². The third kappa shape index (κ3) is 4.95. The largest absolute Gasteiger partial charge is 0.357 e. The number of benzene rings is 1. The van der Waals surface area contributed by atoms with Crippen molar-refractivity contribution in [1.82, 2.24) is 20.4 Å². The van der Waals surface area contributed by atoms with E-state index in [4.69, 9.17) is 0 Å². The summed E-state index contributed by atoms with van der Waals surface area (Å²) >= 11 is 0. The maximum atomic E-state index is 4.66. The van der Waals surface area contributed by atoms with Crippen molar-refractivity contribution in [3.05, 3.63) is 47.3 Å². The van der Waals surface area contributed by atoms with E-state index in [1.807, 2.05) is 29.8 Å². The monoisotopic (exact) mass is 427 g/mol. The number of aromatic nitrogens is 2. The number of aryl methyl sites for hydroxylation is 1. The van der Waals surface area contributed by atoms with Gasteiger partial charge in [-0.25, -0.2) is 9.67 Å². The molecule has 2 N–H and O–H groups in total. The van der Waals surface area contributed by atoms with E-state index in [0.29, 0.717) is 6.54 Å². The molecule has 1 heterocycles. The van der Waals surface area contributed by atoms with Gasteiger partial charge < -0.3 is 10.6 Å². The van der Waals surface area contributed by atoms with E-state index in [9.17, 15) is 0 Å². The third-order valence-corrected chi connectivity index (χ3v) is 3.53. The van der Waals surface area contributed by atoms with Crippen LogP contribution in [-0.4, -0.2) is 28.8 Å². The molecular formula is C17H26IN5. The van der Waals surface area contributed by atoms with Gasteiger partial charge in [0, 0.05) is 24.3 Å². The zero-order valence-corrected chi connectivity index (χ0v) is 16.6. The van der Waals surface area contributed by atoms with Crippen LogP contribution in [0.2, 0.25) is 0 Å². The van der Waals surface area contributed by atoms with Gasteiger partial charge in [0.15, 0.2) is 5.96 Å². The number of rotatable bonds is 5. The summed E-state index contributed by atoms with van der Waals surface area (Å²) in [6.07, 6.45) is 0. The van der Waals surface area contributed by atoms with Gasteiger partial charge in [-0.1, -0.05) is 18.2 Å². The van der Waals surface area contributed by atoms with E-state index < -0.39 is 0 Å². The Morgan fingerprint density at radius 1 is 1.09 bits per heavy atom. The molecule has 0 atom stereocenters. The Bertz CT molecular complexity index is 626. The first kappa shape index (κ1) is 19.5. The highest BCUT2D eigenvalue weighted by atomic mass is 127. The molecule has 0 saturated carbocycles. The van der Waals surface area contributed by atoms with Crippen LogP contribution in [0.15, 0.2) is 35.3 Å². The van der Waals surface area contributed by atoms with Crippen LogP contribution in [-0.2, 0) is 6.54 Å². The predicted molar refractivity (Wildman–Crippen MR) is 107 cm³/mol. The number of hydrogen-bond donors (Lipinski definition) is 2. The van der Waals surface area contributed by atoms with Crippen LogP contribution in [0.1, 0.15) is 30.8 Å². The van der Waals surface area contributed by atoms with Crippen LogP contribution in [0.5, 0.6) is 0 Å². The summed E-state index contributed by atoms with van der Waals surface area (Å²) in [5.74, 6) is 0.844. The summed E-state index contributed by atoms with van der Waals surface area (Å²) in [4.78, 5) is 4.64. The van der Waals surface area contributed by atoms with Gasteiger partial charge >= 0.3 is 0 Å². The molecule has 2 rings (SSSR count). The summed E-state index contributed by atoms with van der Waals surface area (Å²) in [6.45, 7) is 10.6. The van der Waals surface area contributed by atoms with Crippen LogP contribution in [0.3, 0.4) is 0 Å². The van der Waals surface area contributed by atoms with Crippen molar-refractivity contribution in [2.24, 2.45) is 4.99 Å². The molecule has 0 bridgehead atoms. The fourth-order valence-electron chi connectivity index (χ4n) is 2.39. The molecular weight excluding hydrogens is 401 g/mol. The van der Waals surface area contributed by atoms with E-state index in [2.05, 4.69) is 53.6 Å². The van der Waals surface area contributed by atoms with Gasteiger partial charge in [0.2, 0.25) is 0 Å². The molecule has 0 amide bonds. The van der Waals surface area contributed by atoms with Gasteiger partial charge in [0.25, 0.3) is 0 Å². The highest BCUT2D eigenvalue weighted by Gasteiger charge is 2.12. The van der Waals surface area contributed by atoms with Crippen molar-refractivity contribution in [3.8, 4) is 5.69 Å². The molecule has 1 aromatic carbocycles. The fraction of sp³-hybridized carbons (Fsp3) is 0.412. The summed E-state index contributed by atoms with van der Waals surface area (Å²) in [7, 11) is 0. The summed E-state index contributed by atoms with van der Waals surface area (Å²) in [6, 6.07) is 10.2. The molecule has 126 valence electrons. The minimum Gasteiger partial charge on any atom is -0.357 e. The molecule has 5 nitrogen and oxygen atoms in total. The maximum absolute atomic E-state index is 4.66. The molecule has 23 heavy (non-hydrogen) atoms. The SMILES string of the molecule is CCNC(=NCc1c(C)nn(-c2ccccc2)c1C)NCC.I. The van der Waals surface area contributed by atoms with Crippen molar-refractivity contribution in [2.45, 2.75) is 34.2 Å². The van der Waals surface area contributed by atoms with E-state index in [1.54, 1.807) is 0 Å². The lowest BCUT2D eigenvalue weighted by molar-refractivity contribution is 0.829. The van der Waals surface area contributed by atoms with Crippen LogP contribution in [0.25, 0.3) is 5.69 Å². The number of nitrogens with one attached hydrogen (secondary N) is 2. The molecule has 0 spiro atoms. The number of hydrogen-bond acceptors (Lipinski definition) is 2. The molecule has 0 aliphatic carbocycles. The van der Waals surface area contributed by atoms with Gasteiger partial charge in [0.1, 0.15) is 0 Å². The normalized spacial score (nSPS) is 9.91. The Balaban J connectivity index is 0.00000264. The molecule has 0 saturated heterocycles. The Morgan fingerprint density at radius 2 is 1.70 bits per heavy atom. The second kappa shape index (κ2) is 9.54. The van der Waals surface area contributed by atoms with E-state index in [0.717, 1.165) is 36.1 Å². The van der Waals surface area contributed by atoms with Gasteiger partial charge in [0.05, 0.1) is 17.9 Å². The van der Waals surface area contributed by atoms with E-state index in [-0.39, 0.29) is 24.0 Å². The standard InChI is InChI=1S/C17H25N5.HI/c1-5-18-17(19-6-2)20-12-16-13(3)21-22(14(16)4)15-10-8-7-9-11-15;/h7-11H,5-6,12H2,1-4H3,(H2,18,19,20);1H. The zero-order valence-electron chi connectivity index (χ0n) is 14.3. The highest BCUT2D eigenvalue weighted by Crippen LogP contribution is 2.18. The van der Waals surface area contributed by atoms with Crippen LogP contribution in [0, 0.1) is 13.8 Å². The Hall–Kier alpha value is -1.57. The Morgan fingerprint density at radius 3 is 2.26 bits per heavy atom. The molecule has 2 aromatic rings. The Kier molecular flexibility index (Phi) is 8.08. The first-order valence-corrected chi connectivity index (χ1v) is 7.80. The van der Waals surface area contributed by atoms with Crippen molar-refractivity contribution in [2.75, 3.05) is 13.1 Å². The maximum Gasteiger partial charge on any atom is 0.191 e. The van der Waals surface area contributed by atoms with E-state index >= 15 is 0 Å². The molecule has 0 aliphatic heterocycles. The van der Waals surface area contributed by atoms with Gasteiger partial charge in [-0.05, 0) is 39.8 Å². The molecule has 6 heteroatoms. The lowest BCUT2D eigenvalue weighted by Gasteiger charge is -2.09. The van der Waals surface area contributed by atoms with Crippen LogP contribution < -0.4 is 10.6 Å². The van der Waals surface area contributed by atoms with Crippen LogP contribution >= 0.6 is 24.0 Å². The fourth-order valence-corrected chi connectivity index (χ4v) is 2.39. The number of aliphatic imine (C=N–C) groups is 1. The lowest BCUT2D eigenvalue weighted by atomic mass is 10.2. The second-order valence-corrected chi connectivity index (χ2v) is 5.12. The second-order valence-electron chi connectivity index (χ2n) is 5.12. The number of nitrogens with zero attached hydrogens (tertiary/aromatic N) is 3. The first-order valence-electron chi connectivity index (χ1n) is 7.80. The minimum atomic E-state index is 0. The smallest absolute Gasteiger partial charge is 0.191 e. The average Bonchev–Trinajstić information content (AvgIpc) is 2.81. The zero-order chi connectivity index (χ0) is 15.9. The van der Waals surface area contributed by atoms with Gasteiger partial charge in [-0.2, -0.15) is 5.10 Å². The first-order chi connectivity index (χ1) is 10.7. The van der Waals surface area contributed by atoms with Crippen molar-refractivity contribution in [1.29, 1.82) is 0 Å². The molecule has 0 aliphatic rings. The van der Waals surface area contributed by atoms with E-state index in [1.165, 1.54) is 5.56 Å². The highest BCUT2D eigenvalue weighted by molar-refractivity contribution is 14.0. The molecule has 0 radical (unpaired) electrons. The quantitative estimate of drug-likeness (QED) is 0.438. The summed E-state index contributed by atoms with van der Waals surface area (Å²) in [5, 5.41) is 11.1. The average molecular weight is 427 g/mol. The number of guanidine groups is 1. The van der Waals surface area contributed by atoms with Crippen molar-refractivity contribution < 1.29 is 0 Å².